The van der Waals surface area contributed by atoms with Gasteiger partial charge in [-0.05, 0) is 29.8 Å². The molecule has 0 unspecified atom stereocenters. The molecule has 1 amide bonds. The average Bonchev–Trinajstić information content (AvgIpc) is 2.77. The van der Waals surface area contributed by atoms with Crippen molar-refractivity contribution in [3.05, 3.63) is 83.9 Å². The molecule has 0 aliphatic carbocycles. The SMILES string of the molecule is COc1cc(C(=O)N(C)c2ccccc2)cc(OC)c1OCc1ccccc1. The van der Waals surface area contributed by atoms with Crippen molar-refractivity contribution < 1.29 is 19.0 Å². The fourth-order valence-electron chi connectivity index (χ4n) is 2.84. The lowest BCUT2D eigenvalue weighted by molar-refractivity contribution is 0.0992. The lowest BCUT2D eigenvalue weighted by atomic mass is 10.1. The maximum atomic E-state index is 12.9. The highest BCUT2D eigenvalue weighted by atomic mass is 16.5. The minimum absolute atomic E-state index is 0.169. The highest BCUT2D eigenvalue weighted by molar-refractivity contribution is 6.06. The van der Waals surface area contributed by atoms with Crippen molar-refractivity contribution in [3.63, 3.8) is 0 Å². The number of anilines is 1. The largest absolute Gasteiger partial charge is 0.493 e. The molecular weight excluding hydrogens is 354 g/mol. The van der Waals surface area contributed by atoms with Gasteiger partial charge in [0.1, 0.15) is 6.61 Å². The highest BCUT2D eigenvalue weighted by Crippen LogP contribution is 2.39. The summed E-state index contributed by atoms with van der Waals surface area (Å²) in [5, 5.41) is 0. The first-order chi connectivity index (χ1) is 13.6. The van der Waals surface area contributed by atoms with Crippen LogP contribution in [-0.2, 0) is 6.61 Å². The standard InChI is InChI=1S/C23H23NO4/c1-24(19-12-8-5-9-13-19)23(25)18-14-20(26-2)22(21(15-18)27-3)28-16-17-10-6-4-7-11-17/h4-15H,16H2,1-3H3. The van der Waals surface area contributed by atoms with Crippen LogP contribution in [0.2, 0.25) is 0 Å². The summed E-state index contributed by atoms with van der Waals surface area (Å²) >= 11 is 0. The Morgan fingerprint density at radius 1 is 0.857 bits per heavy atom. The van der Waals surface area contributed by atoms with E-state index in [0.29, 0.717) is 29.4 Å². The summed E-state index contributed by atoms with van der Waals surface area (Å²) in [6, 6.07) is 22.6. The van der Waals surface area contributed by atoms with Gasteiger partial charge in [-0.15, -0.1) is 0 Å². The Labute approximate surface area is 165 Å². The van der Waals surface area contributed by atoms with Crippen LogP contribution in [0, 0.1) is 0 Å². The predicted octanol–water partition coefficient (Wildman–Crippen LogP) is 4.56. The van der Waals surface area contributed by atoms with Crippen molar-refractivity contribution in [3.8, 4) is 17.2 Å². The van der Waals surface area contributed by atoms with Crippen molar-refractivity contribution in [2.75, 3.05) is 26.2 Å². The van der Waals surface area contributed by atoms with Crippen molar-refractivity contribution in [2.24, 2.45) is 0 Å². The molecule has 0 saturated carbocycles. The molecule has 0 aliphatic rings. The van der Waals surface area contributed by atoms with Crippen LogP contribution in [0.1, 0.15) is 15.9 Å². The Morgan fingerprint density at radius 3 is 1.93 bits per heavy atom. The van der Waals surface area contributed by atoms with Gasteiger partial charge < -0.3 is 19.1 Å². The molecule has 0 radical (unpaired) electrons. The first-order valence-corrected chi connectivity index (χ1v) is 8.90. The fraction of sp³-hybridized carbons (Fsp3) is 0.174. The second-order valence-corrected chi connectivity index (χ2v) is 6.18. The zero-order valence-corrected chi connectivity index (χ0v) is 16.2. The molecule has 3 aromatic rings. The van der Waals surface area contributed by atoms with Gasteiger partial charge in [-0.3, -0.25) is 4.79 Å². The molecule has 5 heteroatoms. The van der Waals surface area contributed by atoms with Crippen LogP contribution in [0.5, 0.6) is 17.2 Å². The van der Waals surface area contributed by atoms with E-state index in [1.165, 1.54) is 0 Å². The number of nitrogens with zero attached hydrogens (tertiary/aromatic N) is 1. The van der Waals surface area contributed by atoms with E-state index in [1.807, 2.05) is 60.7 Å². The van der Waals surface area contributed by atoms with Gasteiger partial charge in [0.15, 0.2) is 11.5 Å². The Bertz CT molecular complexity index is 901. The summed E-state index contributed by atoms with van der Waals surface area (Å²) in [6.07, 6.45) is 0. The van der Waals surface area contributed by atoms with Gasteiger partial charge in [0.25, 0.3) is 5.91 Å². The lowest BCUT2D eigenvalue weighted by Crippen LogP contribution is -2.26. The summed E-state index contributed by atoms with van der Waals surface area (Å²) < 4.78 is 16.9. The zero-order valence-electron chi connectivity index (χ0n) is 16.2. The predicted molar refractivity (Wildman–Crippen MR) is 109 cm³/mol. The minimum Gasteiger partial charge on any atom is -0.493 e. The number of methoxy groups -OCH3 is 2. The van der Waals surface area contributed by atoms with Gasteiger partial charge in [0.05, 0.1) is 14.2 Å². The summed E-state index contributed by atoms with van der Waals surface area (Å²) in [5.74, 6) is 1.19. The molecule has 0 fully saturated rings. The quantitative estimate of drug-likeness (QED) is 0.606. The molecule has 0 aliphatic heterocycles. The Kier molecular flexibility index (Phi) is 6.17. The van der Waals surface area contributed by atoms with Crippen LogP contribution in [0.4, 0.5) is 5.69 Å². The normalized spacial score (nSPS) is 10.2. The van der Waals surface area contributed by atoms with E-state index in [4.69, 9.17) is 14.2 Å². The fourth-order valence-corrected chi connectivity index (χ4v) is 2.84. The third kappa shape index (κ3) is 4.26. The van der Waals surface area contributed by atoms with Crippen LogP contribution in [0.3, 0.4) is 0 Å². The number of rotatable bonds is 7. The second kappa shape index (κ2) is 8.95. The summed E-state index contributed by atoms with van der Waals surface area (Å²) in [6.45, 7) is 0.366. The maximum absolute atomic E-state index is 12.9. The van der Waals surface area contributed by atoms with Gasteiger partial charge in [-0.1, -0.05) is 48.5 Å². The number of carbonyl (C=O) groups is 1. The third-order valence-corrected chi connectivity index (χ3v) is 4.38. The summed E-state index contributed by atoms with van der Waals surface area (Å²) in [4.78, 5) is 14.5. The first kappa shape index (κ1) is 19.3. The molecule has 0 N–H and O–H groups in total. The number of carbonyl (C=O) groups excluding carboxylic acids is 1. The molecule has 0 atom stereocenters. The van der Waals surface area contributed by atoms with Crippen molar-refractivity contribution >= 4 is 11.6 Å². The van der Waals surface area contributed by atoms with E-state index in [0.717, 1.165) is 11.3 Å². The molecular formula is C23H23NO4. The number of ether oxygens (including phenoxy) is 3. The van der Waals surface area contributed by atoms with Crippen LogP contribution >= 0.6 is 0 Å². The van der Waals surface area contributed by atoms with Crippen molar-refractivity contribution in [1.82, 2.24) is 0 Å². The Hall–Kier alpha value is -3.47. The molecule has 5 nitrogen and oxygen atoms in total. The van der Waals surface area contributed by atoms with Gasteiger partial charge >= 0.3 is 0 Å². The van der Waals surface area contributed by atoms with E-state index in [-0.39, 0.29) is 5.91 Å². The zero-order chi connectivity index (χ0) is 19.9. The van der Waals surface area contributed by atoms with E-state index in [1.54, 1.807) is 38.3 Å². The van der Waals surface area contributed by atoms with Crippen molar-refractivity contribution in [2.45, 2.75) is 6.61 Å². The Balaban J connectivity index is 1.88. The maximum Gasteiger partial charge on any atom is 0.258 e. The molecule has 3 aromatic carbocycles. The number of amides is 1. The minimum atomic E-state index is -0.169. The van der Waals surface area contributed by atoms with Crippen LogP contribution in [-0.4, -0.2) is 27.2 Å². The number of benzene rings is 3. The first-order valence-electron chi connectivity index (χ1n) is 8.90. The lowest BCUT2D eigenvalue weighted by Gasteiger charge is -2.20. The smallest absolute Gasteiger partial charge is 0.258 e. The molecule has 28 heavy (non-hydrogen) atoms. The van der Waals surface area contributed by atoms with Gasteiger partial charge in [0.2, 0.25) is 5.75 Å². The molecule has 144 valence electrons. The number of para-hydroxylation sites is 1. The molecule has 3 rings (SSSR count). The number of hydrogen-bond donors (Lipinski definition) is 0. The molecule has 0 saturated heterocycles. The monoisotopic (exact) mass is 377 g/mol. The van der Waals surface area contributed by atoms with E-state index in [9.17, 15) is 4.79 Å². The topological polar surface area (TPSA) is 48.0 Å². The van der Waals surface area contributed by atoms with Gasteiger partial charge in [-0.25, -0.2) is 0 Å². The average molecular weight is 377 g/mol. The molecule has 0 spiro atoms. The second-order valence-electron chi connectivity index (χ2n) is 6.18. The third-order valence-electron chi connectivity index (χ3n) is 4.38. The van der Waals surface area contributed by atoms with Crippen LogP contribution in [0.25, 0.3) is 0 Å². The summed E-state index contributed by atoms with van der Waals surface area (Å²) in [5.41, 5.74) is 2.28. The molecule has 0 aromatic heterocycles. The summed E-state index contributed by atoms with van der Waals surface area (Å²) in [7, 11) is 4.81. The van der Waals surface area contributed by atoms with E-state index in [2.05, 4.69) is 0 Å². The Morgan fingerprint density at radius 2 is 1.39 bits per heavy atom. The molecule has 0 heterocycles. The highest BCUT2D eigenvalue weighted by Gasteiger charge is 2.20. The number of hydrogen-bond acceptors (Lipinski definition) is 4. The van der Waals surface area contributed by atoms with Crippen LogP contribution in [0.15, 0.2) is 72.8 Å². The van der Waals surface area contributed by atoms with Gasteiger partial charge in [-0.2, -0.15) is 0 Å². The van der Waals surface area contributed by atoms with Gasteiger partial charge in [0, 0.05) is 18.3 Å². The van der Waals surface area contributed by atoms with Crippen molar-refractivity contribution in [1.29, 1.82) is 0 Å². The van der Waals surface area contributed by atoms with Crippen LogP contribution < -0.4 is 19.1 Å². The van der Waals surface area contributed by atoms with E-state index < -0.39 is 0 Å². The van der Waals surface area contributed by atoms with E-state index >= 15 is 0 Å². The molecule has 0 bridgehead atoms.